The molecule has 4 heteroatoms. The summed E-state index contributed by atoms with van der Waals surface area (Å²) < 4.78 is 0. The summed E-state index contributed by atoms with van der Waals surface area (Å²) in [4.78, 5) is 0. The molecule has 0 heterocycles. The van der Waals surface area contributed by atoms with Crippen LogP contribution in [0.1, 0.15) is 18.4 Å². The first kappa shape index (κ1) is 11.7. The maximum atomic E-state index is 9.65. The van der Waals surface area contributed by atoms with Gasteiger partial charge in [0.25, 0.3) is 0 Å². The van der Waals surface area contributed by atoms with Crippen molar-refractivity contribution in [3.05, 3.63) is 28.8 Å². The van der Waals surface area contributed by atoms with E-state index in [0.29, 0.717) is 24.0 Å². The maximum Gasteiger partial charge on any atom is 0.138 e. The number of hydrogen-bond donors (Lipinski definition) is 3. The molecule has 0 saturated heterocycles. The van der Waals surface area contributed by atoms with Gasteiger partial charge in [0.05, 0.1) is 11.1 Å². The Balaban J connectivity index is 1.82. The second-order valence-electron chi connectivity index (χ2n) is 4.28. The molecule has 88 valence electrons. The number of phenolic OH excluding ortho intramolecular Hbond substituents is 1. The highest BCUT2D eigenvalue weighted by molar-refractivity contribution is 6.32. The second kappa shape index (κ2) is 5.04. The number of aliphatic hydroxyl groups is 1. The third-order valence-corrected chi connectivity index (χ3v) is 3.21. The Morgan fingerprint density at radius 1 is 1.44 bits per heavy atom. The van der Waals surface area contributed by atoms with Gasteiger partial charge in [0.15, 0.2) is 0 Å². The highest BCUT2D eigenvalue weighted by Crippen LogP contribution is 2.32. The number of hydrogen-bond acceptors (Lipinski definition) is 3. The first-order valence-electron chi connectivity index (χ1n) is 5.53. The summed E-state index contributed by atoms with van der Waals surface area (Å²) in [6.07, 6.45) is 2.00. The van der Waals surface area contributed by atoms with Gasteiger partial charge in [-0.25, -0.2) is 0 Å². The lowest BCUT2D eigenvalue weighted by Gasteiger charge is -2.11. The number of nitrogens with one attached hydrogen (secondary N) is 1. The molecule has 1 fully saturated rings. The molecule has 1 aromatic carbocycles. The van der Waals surface area contributed by atoms with Gasteiger partial charge in [0.1, 0.15) is 5.75 Å². The third kappa shape index (κ3) is 2.88. The lowest BCUT2D eigenvalue weighted by atomic mass is 10.2. The Labute approximate surface area is 100 Å². The van der Waals surface area contributed by atoms with Gasteiger partial charge in [-0.3, -0.25) is 0 Å². The van der Waals surface area contributed by atoms with E-state index in [0.717, 1.165) is 18.4 Å². The van der Waals surface area contributed by atoms with Crippen LogP contribution < -0.4 is 5.32 Å². The minimum absolute atomic E-state index is 0.123. The largest absolute Gasteiger partial charge is 0.506 e. The van der Waals surface area contributed by atoms with E-state index in [1.54, 1.807) is 12.1 Å². The third-order valence-electron chi connectivity index (χ3n) is 2.91. The van der Waals surface area contributed by atoms with E-state index in [2.05, 4.69) is 5.32 Å². The molecule has 3 nitrogen and oxygen atoms in total. The molecule has 3 N–H and O–H groups in total. The molecular weight excluding hydrogens is 226 g/mol. The minimum atomic E-state index is -0.263. The molecule has 1 unspecified atom stereocenters. The van der Waals surface area contributed by atoms with Gasteiger partial charge < -0.3 is 15.5 Å². The first-order chi connectivity index (χ1) is 7.68. The predicted octanol–water partition coefficient (Wildman–Crippen LogP) is 1.91. The molecule has 0 radical (unpaired) electrons. The molecule has 0 aliphatic heterocycles. The van der Waals surface area contributed by atoms with E-state index < -0.39 is 0 Å². The SMILES string of the molecule is Oc1c(Cl)cccc1CNCC(O)C1CC1. The lowest BCUT2D eigenvalue weighted by molar-refractivity contribution is 0.148. The molecular formula is C12H16ClNO2. The van der Waals surface area contributed by atoms with Crippen molar-refractivity contribution in [2.75, 3.05) is 6.54 Å². The predicted molar refractivity (Wildman–Crippen MR) is 63.6 cm³/mol. The lowest BCUT2D eigenvalue weighted by Crippen LogP contribution is -2.27. The van der Waals surface area contributed by atoms with Crippen molar-refractivity contribution < 1.29 is 10.2 Å². The fraction of sp³-hybridized carbons (Fsp3) is 0.500. The summed E-state index contributed by atoms with van der Waals surface area (Å²) in [6, 6.07) is 5.27. The zero-order valence-corrected chi connectivity index (χ0v) is 9.74. The second-order valence-corrected chi connectivity index (χ2v) is 4.69. The van der Waals surface area contributed by atoms with E-state index in [4.69, 9.17) is 11.6 Å². The minimum Gasteiger partial charge on any atom is -0.506 e. The Morgan fingerprint density at radius 3 is 2.88 bits per heavy atom. The molecule has 1 atom stereocenters. The first-order valence-corrected chi connectivity index (χ1v) is 5.91. The molecule has 1 aromatic rings. The number of para-hydroxylation sites is 1. The van der Waals surface area contributed by atoms with Crippen molar-refractivity contribution in [3.8, 4) is 5.75 Å². The molecule has 16 heavy (non-hydrogen) atoms. The highest BCUT2D eigenvalue weighted by atomic mass is 35.5. The summed E-state index contributed by atoms with van der Waals surface area (Å²) in [7, 11) is 0. The van der Waals surface area contributed by atoms with E-state index in [9.17, 15) is 10.2 Å². The fourth-order valence-corrected chi connectivity index (χ4v) is 1.90. The van der Waals surface area contributed by atoms with Crippen LogP contribution in [0.3, 0.4) is 0 Å². The summed E-state index contributed by atoms with van der Waals surface area (Å²) in [5, 5.41) is 22.8. The van der Waals surface area contributed by atoms with Gasteiger partial charge in [-0.1, -0.05) is 23.7 Å². The van der Waals surface area contributed by atoms with Crippen LogP contribution in [0.5, 0.6) is 5.75 Å². The van der Waals surface area contributed by atoms with Gasteiger partial charge >= 0.3 is 0 Å². The molecule has 0 aromatic heterocycles. The standard InChI is InChI=1S/C12H16ClNO2/c13-10-3-1-2-9(12(10)16)6-14-7-11(15)8-4-5-8/h1-3,8,11,14-16H,4-7H2. The van der Waals surface area contributed by atoms with Crippen molar-refractivity contribution in [2.24, 2.45) is 5.92 Å². The van der Waals surface area contributed by atoms with E-state index in [-0.39, 0.29) is 11.9 Å². The highest BCUT2D eigenvalue weighted by Gasteiger charge is 2.29. The van der Waals surface area contributed by atoms with Crippen molar-refractivity contribution in [3.63, 3.8) is 0 Å². The van der Waals surface area contributed by atoms with Crippen molar-refractivity contribution >= 4 is 11.6 Å². The van der Waals surface area contributed by atoms with Crippen LogP contribution in [0.4, 0.5) is 0 Å². The van der Waals surface area contributed by atoms with Crippen molar-refractivity contribution in [2.45, 2.75) is 25.5 Å². The topological polar surface area (TPSA) is 52.5 Å². The summed E-state index contributed by atoms with van der Waals surface area (Å²) >= 11 is 5.79. The van der Waals surface area contributed by atoms with Crippen LogP contribution in [0.15, 0.2) is 18.2 Å². The summed E-state index contributed by atoms with van der Waals surface area (Å²) in [5.41, 5.74) is 0.760. The zero-order chi connectivity index (χ0) is 11.5. The monoisotopic (exact) mass is 241 g/mol. The number of benzene rings is 1. The Hall–Kier alpha value is -0.770. The average molecular weight is 242 g/mol. The Bertz CT molecular complexity index is 366. The summed E-state index contributed by atoms with van der Waals surface area (Å²) in [5.74, 6) is 0.595. The van der Waals surface area contributed by atoms with Crippen LogP contribution in [-0.2, 0) is 6.54 Å². The molecule has 0 amide bonds. The van der Waals surface area contributed by atoms with E-state index >= 15 is 0 Å². The number of rotatable bonds is 5. The Kier molecular flexibility index (Phi) is 3.69. The van der Waals surface area contributed by atoms with Crippen LogP contribution in [-0.4, -0.2) is 22.9 Å². The molecule has 2 rings (SSSR count). The van der Waals surface area contributed by atoms with Crippen LogP contribution in [0.25, 0.3) is 0 Å². The van der Waals surface area contributed by atoms with Crippen LogP contribution in [0.2, 0.25) is 5.02 Å². The van der Waals surface area contributed by atoms with Crippen LogP contribution >= 0.6 is 11.6 Å². The Morgan fingerprint density at radius 2 is 2.19 bits per heavy atom. The van der Waals surface area contributed by atoms with E-state index in [1.807, 2.05) is 6.07 Å². The average Bonchev–Trinajstić information content (AvgIpc) is 3.07. The maximum absolute atomic E-state index is 9.65. The van der Waals surface area contributed by atoms with Gasteiger partial charge in [-0.2, -0.15) is 0 Å². The van der Waals surface area contributed by atoms with Gasteiger partial charge in [0, 0.05) is 18.7 Å². The molecule has 0 bridgehead atoms. The zero-order valence-electron chi connectivity index (χ0n) is 8.99. The van der Waals surface area contributed by atoms with E-state index in [1.165, 1.54) is 0 Å². The quantitative estimate of drug-likeness (QED) is 0.738. The number of phenols is 1. The van der Waals surface area contributed by atoms with Gasteiger partial charge in [-0.05, 0) is 24.8 Å². The number of aliphatic hydroxyl groups excluding tert-OH is 1. The number of halogens is 1. The molecule has 1 aliphatic rings. The van der Waals surface area contributed by atoms with Crippen molar-refractivity contribution in [1.82, 2.24) is 5.32 Å². The molecule has 1 saturated carbocycles. The summed E-state index contributed by atoms with van der Waals surface area (Å²) in [6.45, 7) is 1.09. The van der Waals surface area contributed by atoms with Crippen molar-refractivity contribution in [1.29, 1.82) is 0 Å². The molecule has 0 spiro atoms. The number of aromatic hydroxyl groups is 1. The van der Waals surface area contributed by atoms with Crippen LogP contribution in [0, 0.1) is 5.92 Å². The fourth-order valence-electron chi connectivity index (χ4n) is 1.71. The van der Waals surface area contributed by atoms with Gasteiger partial charge in [0.2, 0.25) is 0 Å². The normalized spacial score (nSPS) is 17.4. The van der Waals surface area contributed by atoms with Gasteiger partial charge in [-0.15, -0.1) is 0 Å². The smallest absolute Gasteiger partial charge is 0.138 e. The molecule has 1 aliphatic carbocycles.